The molecule has 2 aromatic carbocycles. The molecule has 0 unspecified atom stereocenters. The molecule has 0 atom stereocenters. The van der Waals surface area contributed by atoms with E-state index in [1.807, 2.05) is 34.9 Å². The summed E-state index contributed by atoms with van der Waals surface area (Å²) in [4.78, 5) is 11.3. The molecular formula is C28H32N6O4S. The minimum atomic E-state index is -3.74. The molecule has 2 aliphatic rings. The number of nitrogens with two attached hydrogens (primary N) is 1. The number of nitrogen functional groups attached to an aromatic ring is 1. The highest BCUT2D eigenvalue weighted by Crippen LogP contribution is 2.33. The first-order valence-corrected chi connectivity index (χ1v) is 14.7. The smallest absolute Gasteiger partial charge is 0.248 e. The summed E-state index contributed by atoms with van der Waals surface area (Å²) in [7, 11) is -2.30. The molecule has 0 aliphatic carbocycles. The molecule has 0 bridgehead atoms. The van der Waals surface area contributed by atoms with Gasteiger partial charge in [-0.1, -0.05) is 12.5 Å². The van der Waals surface area contributed by atoms with Gasteiger partial charge in [-0.25, -0.2) is 18.4 Å². The predicted octanol–water partition coefficient (Wildman–Crippen LogP) is 3.69. The van der Waals surface area contributed by atoms with Crippen LogP contribution in [0.5, 0.6) is 5.88 Å². The number of hydrogen-bond acceptors (Lipinski definition) is 8. The van der Waals surface area contributed by atoms with E-state index in [2.05, 4.69) is 27.0 Å². The third-order valence-corrected chi connectivity index (χ3v) is 9.34. The second-order valence-corrected chi connectivity index (χ2v) is 11.7. The van der Waals surface area contributed by atoms with Crippen molar-refractivity contribution in [3.8, 4) is 22.7 Å². The van der Waals surface area contributed by atoms with E-state index in [1.165, 1.54) is 11.4 Å². The Morgan fingerprint density at radius 2 is 1.62 bits per heavy atom. The fraction of sp³-hybridized carbons (Fsp3) is 0.357. The van der Waals surface area contributed by atoms with E-state index in [0.29, 0.717) is 24.6 Å². The number of piperidine rings is 1. The molecular weight excluding hydrogens is 516 g/mol. The van der Waals surface area contributed by atoms with Crippen LogP contribution in [0.4, 0.5) is 11.6 Å². The number of benzene rings is 2. The minimum absolute atomic E-state index is 0.0798. The van der Waals surface area contributed by atoms with Crippen molar-refractivity contribution in [2.45, 2.75) is 24.2 Å². The number of fused-ring (bicyclic) bond motifs is 1. The highest BCUT2D eigenvalue weighted by molar-refractivity contribution is 7.89. The first kappa shape index (κ1) is 25.6. The number of pyridine rings is 1. The van der Waals surface area contributed by atoms with Crippen molar-refractivity contribution in [2.24, 2.45) is 0 Å². The number of methoxy groups -OCH3 is 1. The number of sulfonamides is 1. The maximum Gasteiger partial charge on any atom is 0.248 e. The summed E-state index contributed by atoms with van der Waals surface area (Å²) >= 11 is 0. The SMILES string of the molecule is COc1ncc(-c2ccc3nc(N)n(-c4ccc(N5CCOCC5)cc4)c3c2)cc1S(=O)(=O)N1CCCCC1. The molecule has 4 heterocycles. The van der Waals surface area contributed by atoms with E-state index in [4.69, 9.17) is 15.2 Å². The highest BCUT2D eigenvalue weighted by atomic mass is 32.2. The Balaban J connectivity index is 1.38. The molecule has 2 aromatic heterocycles. The number of aromatic nitrogens is 3. The lowest BCUT2D eigenvalue weighted by atomic mass is 10.1. The average molecular weight is 549 g/mol. The summed E-state index contributed by atoms with van der Waals surface area (Å²) in [6.45, 7) is 4.19. The van der Waals surface area contributed by atoms with Gasteiger partial charge in [0.05, 0.1) is 31.4 Å². The topological polar surface area (TPSA) is 116 Å². The molecule has 2 fully saturated rings. The van der Waals surface area contributed by atoms with Crippen molar-refractivity contribution in [2.75, 3.05) is 57.1 Å². The van der Waals surface area contributed by atoms with Gasteiger partial charge in [-0.05, 0) is 60.9 Å². The molecule has 39 heavy (non-hydrogen) atoms. The molecule has 0 radical (unpaired) electrons. The molecule has 2 N–H and O–H groups in total. The van der Waals surface area contributed by atoms with E-state index in [1.54, 1.807) is 12.3 Å². The predicted molar refractivity (Wildman–Crippen MR) is 151 cm³/mol. The first-order valence-electron chi connectivity index (χ1n) is 13.2. The Morgan fingerprint density at radius 1 is 0.897 bits per heavy atom. The second kappa shape index (κ2) is 10.5. The first-order chi connectivity index (χ1) is 19.0. The van der Waals surface area contributed by atoms with Gasteiger partial charge in [0.25, 0.3) is 0 Å². The molecule has 2 saturated heterocycles. The molecule has 2 aliphatic heterocycles. The zero-order chi connectivity index (χ0) is 27.0. The molecule has 204 valence electrons. The van der Waals surface area contributed by atoms with Gasteiger partial charge in [0, 0.05) is 49.3 Å². The van der Waals surface area contributed by atoms with Crippen LogP contribution in [0.1, 0.15) is 19.3 Å². The zero-order valence-electron chi connectivity index (χ0n) is 21.9. The van der Waals surface area contributed by atoms with Gasteiger partial charge < -0.3 is 20.1 Å². The number of ether oxygens (including phenoxy) is 2. The standard InChI is InChI=1S/C28H32N6O4S/c1-37-27-26(39(35,36)33-11-3-2-4-12-33)18-21(19-30-27)20-5-10-24-25(17-20)34(28(29)31-24)23-8-6-22(7-9-23)32-13-15-38-16-14-32/h5-10,17-19H,2-4,11-16H2,1H3,(H2,29,31). The van der Waals surface area contributed by atoms with Crippen LogP contribution in [-0.4, -0.2) is 73.8 Å². The maximum atomic E-state index is 13.5. The summed E-state index contributed by atoms with van der Waals surface area (Å²) in [5, 5.41) is 0. The van der Waals surface area contributed by atoms with Crippen LogP contribution < -0.4 is 15.4 Å². The van der Waals surface area contributed by atoms with Gasteiger partial charge in [0.2, 0.25) is 21.9 Å². The van der Waals surface area contributed by atoms with Crippen LogP contribution in [0.15, 0.2) is 59.6 Å². The average Bonchev–Trinajstić information content (AvgIpc) is 3.32. The quantitative estimate of drug-likeness (QED) is 0.388. The summed E-state index contributed by atoms with van der Waals surface area (Å²) < 4.78 is 41.3. The number of hydrogen-bond donors (Lipinski definition) is 1. The van der Waals surface area contributed by atoms with Gasteiger partial charge in [-0.3, -0.25) is 4.57 Å². The van der Waals surface area contributed by atoms with Crippen molar-refractivity contribution in [1.29, 1.82) is 0 Å². The fourth-order valence-corrected chi connectivity index (χ4v) is 7.00. The molecule has 6 rings (SSSR count). The Bertz CT molecular complexity index is 1590. The Labute approximate surface area is 228 Å². The molecule has 0 amide bonds. The van der Waals surface area contributed by atoms with Crippen LogP contribution in [0, 0.1) is 0 Å². The largest absolute Gasteiger partial charge is 0.480 e. The van der Waals surface area contributed by atoms with Crippen molar-refractivity contribution in [1.82, 2.24) is 18.8 Å². The van der Waals surface area contributed by atoms with Gasteiger partial charge >= 0.3 is 0 Å². The Morgan fingerprint density at radius 3 is 2.33 bits per heavy atom. The third-order valence-electron chi connectivity index (χ3n) is 7.44. The van der Waals surface area contributed by atoms with Crippen molar-refractivity contribution < 1.29 is 17.9 Å². The summed E-state index contributed by atoms with van der Waals surface area (Å²) in [6.07, 6.45) is 4.37. The van der Waals surface area contributed by atoms with E-state index < -0.39 is 10.0 Å². The van der Waals surface area contributed by atoms with E-state index in [-0.39, 0.29) is 10.8 Å². The van der Waals surface area contributed by atoms with Crippen LogP contribution >= 0.6 is 0 Å². The van der Waals surface area contributed by atoms with Gasteiger partial charge in [0.1, 0.15) is 4.90 Å². The van der Waals surface area contributed by atoms with Gasteiger partial charge in [-0.15, -0.1) is 0 Å². The number of morpholine rings is 1. The Hall–Kier alpha value is -3.67. The van der Waals surface area contributed by atoms with Crippen LogP contribution in [0.3, 0.4) is 0 Å². The minimum Gasteiger partial charge on any atom is -0.480 e. The monoisotopic (exact) mass is 548 g/mol. The molecule has 0 spiro atoms. The highest BCUT2D eigenvalue weighted by Gasteiger charge is 2.30. The number of anilines is 2. The molecule has 4 aromatic rings. The van der Waals surface area contributed by atoms with Crippen LogP contribution in [0.25, 0.3) is 27.8 Å². The molecule has 11 heteroatoms. The lowest BCUT2D eigenvalue weighted by Crippen LogP contribution is -2.36. The summed E-state index contributed by atoms with van der Waals surface area (Å²) in [5.74, 6) is 0.475. The number of nitrogens with zero attached hydrogens (tertiary/aromatic N) is 5. The van der Waals surface area contributed by atoms with Gasteiger partial charge in [0.15, 0.2) is 0 Å². The van der Waals surface area contributed by atoms with Crippen LogP contribution in [-0.2, 0) is 14.8 Å². The molecule has 0 saturated carbocycles. The maximum absolute atomic E-state index is 13.5. The summed E-state index contributed by atoms with van der Waals surface area (Å²) in [5.41, 5.74) is 11.4. The zero-order valence-corrected chi connectivity index (χ0v) is 22.7. The summed E-state index contributed by atoms with van der Waals surface area (Å²) in [6, 6.07) is 15.7. The van der Waals surface area contributed by atoms with Crippen molar-refractivity contribution >= 4 is 32.7 Å². The number of imidazole rings is 1. The van der Waals surface area contributed by atoms with Crippen molar-refractivity contribution in [3.05, 3.63) is 54.7 Å². The van der Waals surface area contributed by atoms with Gasteiger partial charge in [-0.2, -0.15) is 4.31 Å². The van der Waals surface area contributed by atoms with Crippen LogP contribution in [0.2, 0.25) is 0 Å². The Kier molecular flexibility index (Phi) is 6.88. The van der Waals surface area contributed by atoms with E-state index in [0.717, 1.165) is 73.5 Å². The third kappa shape index (κ3) is 4.81. The van der Waals surface area contributed by atoms with E-state index in [9.17, 15) is 8.42 Å². The molecule has 10 nitrogen and oxygen atoms in total. The normalized spacial score (nSPS) is 17.0. The second-order valence-electron chi connectivity index (χ2n) is 9.82. The lowest BCUT2D eigenvalue weighted by Gasteiger charge is -2.29. The number of rotatable bonds is 6. The van der Waals surface area contributed by atoms with E-state index >= 15 is 0 Å². The lowest BCUT2D eigenvalue weighted by molar-refractivity contribution is 0.122. The van der Waals surface area contributed by atoms with Crippen molar-refractivity contribution in [3.63, 3.8) is 0 Å². The fourth-order valence-electron chi connectivity index (χ4n) is 5.35.